The Morgan fingerprint density at radius 3 is 2.76 bits per heavy atom. The number of hydrogen-bond donors (Lipinski definition) is 1. The van der Waals surface area contributed by atoms with Crippen molar-refractivity contribution in [3.8, 4) is 0 Å². The van der Waals surface area contributed by atoms with Crippen molar-refractivity contribution in [3.05, 3.63) is 40.2 Å². The molecule has 0 radical (unpaired) electrons. The smallest absolute Gasteiger partial charge is 0.185 e. The average molecular weight is 304 g/mol. The van der Waals surface area contributed by atoms with Gasteiger partial charge in [0.05, 0.1) is 17.9 Å². The molecule has 0 fully saturated rings. The van der Waals surface area contributed by atoms with Gasteiger partial charge in [0.25, 0.3) is 0 Å². The van der Waals surface area contributed by atoms with Gasteiger partial charge >= 0.3 is 0 Å². The van der Waals surface area contributed by atoms with Gasteiger partial charge in [-0.2, -0.15) is 0 Å². The van der Waals surface area contributed by atoms with Crippen molar-refractivity contribution < 1.29 is 0 Å². The molecule has 0 saturated carbocycles. The molecule has 0 amide bonds. The van der Waals surface area contributed by atoms with Gasteiger partial charge in [0.15, 0.2) is 5.13 Å². The second-order valence-corrected chi connectivity index (χ2v) is 6.34. The SMILES string of the molecule is CCCc1nc(N(C)Cc2cccc(C)n2)sc1CNC. The lowest BCUT2D eigenvalue weighted by molar-refractivity contribution is 0.795. The van der Waals surface area contributed by atoms with Crippen LogP contribution < -0.4 is 10.2 Å². The summed E-state index contributed by atoms with van der Waals surface area (Å²) in [5.74, 6) is 0. The molecule has 0 aliphatic heterocycles. The minimum absolute atomic E-state index is 0.791. The summed E-state index contributed by atoms with van der Waals surface area (Å²) in [7, 11) is 4.07. The first-order valence-electron chi connectivity index (χ1n) is 7.41. The number of rotatable bonds is 7. The Balaban J connectivity index is 2.14. The number of hydrogen-bond acceptors (Lipinski definition) is 5. The molecule has 0 unspecified atom stereocenters. The molecule has 0 atom stereocenters. The lowest BCUT2D eigenvalue weighted by atomic mass is 10.2. The lowest BCUT2D eigenvalue weighted by Crippen LogP contribution is -2.17. The predicted molar refractivity (Wildman–Crippen MR) is 90.0 cm³/mol. The molecule has 0 aromatic carbocycles. The average Bonchev–Trinajstić information content (AvgIpc) is 2.83. The van der Waals surface area contributed by atoms with Crippen molar-refractivity contribution in [2.24, 2.45) is 0 Å². The van der Waals surface area contributed by atoms with Crippen LogP contribution in [-0.4, -0.2) is 24.1 Å². The first kappa shape index (κ1) is 15.9. The van der Waals surface area contributed by atoms with Gasteiger partial charge in [0.2, 0.25) is 0 Å². The van der Waals surface area contributed by atoms with Crippen LogP contribution in [0.1, 0.15) is 35.3 Å². The Morgan fingerprint density at radius 1 is 1.29 bits per heavy atom. The fourth-order valence-corrected chi connectivity index (χ4v) is 3.34. The Bertz CT molecular complexity index is 556. The molecule has 0 spiro atoms. The number of anilines is 1. The first-order chi connectivity index (χ1) is 10.1. The number of pyridine rings is 1. The van der Waals surface area contributed by atoms with E-state index in [1.54, 1.807) is 11.3 Å². The van der Waals surface area contributed by atoms with Crippen LogP contribution in [0.3, 0.4) is 0 Å². The van der Waals surface area contributed by atoms with Crippen molar-refractivity contribution in [2.45, 2.75) is 39.8 Å². The molecule has 0 saturated heterocycles. The van der Waals surface area contributed by atoms with Gasteiger partial charge in [-0.15, -0.1) is 11.3 Å². The normalized spacial score (nSPS) is 10.9. The van der Waals surface area contributed by atoms with E-state index < -0.39 is 0 Å². The highest BCUT2D eigenvalue weighted by Gasteiger charge is 2.13. The maximum atomic E-state index is 4.81. The molecule has 2 rings (SSSR count). The Labute approximate surface area is 131 Å². The van der Waals surface area contributed by atoms with Crippen molar-refractivity contribution in [2.75, 3.05) is 19.0 Å². The zero-order valence-corrected chi connectivity index (χ0v) is 14.1. The molecule has 2 heterocycles. The van der Waals surface area contributed by atoms with E-state index in [9.17, 15) is 0 Å². The predicted octanol–water partition coefficient (Wildman–Crippen LogP) is 3.15. The quantitative estimate of drug-likeness (QED) is 0.853. The van der Waals surface area contributed by atoms with Crippen molar-refractivity contribution in [3.63, 3.8) is 0 Å². The van der Waals surface area contributed by atoms with E-state index in [1.165, 1.54) is 10.6 Å². The minimum atomic E-state index is 0.791. The third-order valence-electron chi connectivity index (χ3n) is 3.26. The number of aryl methyl sites for hydroxylation is 2. The van der Waals surface area contributed by atoms with Gasteiger partial charge in [-0.05, 0) is 32.5 Å². The van der Waals surface area contributed by atoms with E-state index in [0.717, 1.165) is 42.5 Å². The summed E-state index contributed by atoms with van der Waals surface area (Å²) in [5, 5.41) is 4.31. The summed E-state index contributed by atoms with van der Waals surface area (Å²) in [6.07, 6.45) is 2.17. The molecule has 0 aliphatic carbocycles. The minimum Gasteiger partial charge on any atom is -0.345 e. The maximum Gasteiger partial charge on any atom is 0.185 e. The second kappa shape index (κ2) is 7.52. The summed E-state index contributed by atoms with van der Waals surface area (Å²) in [6.45, 7) is 5.91. The fraction of sp³-hybridized carbons (Fsp3) is 0.500. The molecule has 2 aromatic heterocycles. The number of nitrogens with one attached hydrogen (secondary N) is 1. The van der Waals surface area contributed by atoms with Gasteiger partial charge in [-0.25, -0.2) is 4.98 Å². The van der Waals surface area contributed by atoms with E-state index in [2.05, 4.69) is 41.3 Å². The molecule has 21 heavy (non-hydrogen) atoms. The molecule has 4 nitrogen and oxygen atoms in total. The molecule has 0 aliphatic rings. The summed E-state index contributed by atoms with van der Waals surface area (Å²) >= 11 is 1.78. The highest BCUT2D eigenvalue weighted by Crippen LogP contribution is 2.27. The van der Waals surface area contributed by atoms with Crippen LogP contribution in [0.25, 0.3) is 0 Å². The van der Waals surface area contributed by atoms with E-state index in [1.807, 2.05) is 20.0 Å². The zero-order chi connectivity index (χ0) is 15.2. The summed E-state index contributed by atoms with van der Waals surface area (Å²) in [6, 6.07) is 6.15. The third kappa shape index (κ3) is 4.25. The van der Waals surface area contributed by atoms with Crippen LogP contribution in [0.5, 0.6) is 0 Å². The highest BCUT2D eigenvalue weighted by atomic mass is 32.1. The summed E-state index contributed by atoms with van der Waals surface area (Å²) < 4.78 is 0. The Kier molecular flexibility index (Phi) is 5.70. The van der Waals surface area contributed by atoms with E-state index >= 15 is 0 Å². The Morgan fingerprint density at radius 2 is 2.10 bits per heavy atom. The standard InChI is InChI=1S/C16H24N4S/c1-5-7-14-15(10-17-3)21-16(19-14)20(4)11-13-9-6-8-12(2)18-13/h6,8-9,17H,5,7,10-11H2,1-4H3. The Hall–Kier alpha value is -1.46. The van der Waals surface area contributed by atoms with Crippen molar-refractivity contribution in [1.29, 1.82) is 0 Å². The topological polar surface area (TPSA) is 41.1 Å². The molecule has 0 bridgehead atoms. The largest absolute Gasteiger partial charge is 0.345 e. The maximum absolute atomic E-state index is 4.81. The summed E-state index contributed by atoms with van der Waals surface area (Å²) in [4.78, 5) is 12.9. The summed E-state index contributed by atoms with van der Waals surface area (Å²) in [5.41, 5.74) is 3.37. The van der Waals surface area contributed by atoms with E-state index in [-0.39, 0.29) is 0 Å². The molecular weight excluding hydrogens is 280 g/mol. The molecule has 114 valence electrons. The highest BCUT2D eigenvalue weighted by molar-refractivity contribution is 7.15. The van der Waals surface area contributed by atoms with Gasteiger partial charge < -0.3 is 10.2 Å². The van der Waals surface area contributed by atoms with Crippen LogP contribution in [0, 0.1) is 6.92 Å². The van der Waals surface area contributed by atoms with Crippen LogP contribution in [-0.2, 0) is 19.5 Å². The zero-order valence-electron chi connectivity index (χ0n) is 13.3. The fourth-order valence-electron chi connectivity index (χ4n) is 2.26. The van der Waals surface area contributed by atoms with Crippen LogP contribution in [0.15, 0.2) is 18.2 Å². The van der Waals surface area contributed by atoms with Crippen LogP contribution in [0.4, 0.5) is 5.13 Å². The van der Waals surface area contributed by atoms with Gasteiger partial charge in [0, 0.05) is 24.2 Å². The number of nitrogens with zero attached hydrogens (tertiary/aromatic N) is 3. The monoisotopic (exact) mass is 304 g/mol. The van der Waals surface area contributed by atoms with Crippen molar-refractivity contribution >= 4 is 16.5 Å². The van der Waals surface area contributed by atoms with Gasteiger partial charge in [-0.1, -0.05) is 19.4 Å². The molecule has 5 heteroatoms. The number of thiazole rings is 1. The molecule has 2 aromatic rings. The second-order valence-electron chi connectivity index (χ2n) is 5.27. The lowest BCUT2D eigenvalue weighted by Gasteiger charge is -2.15. The van der Waals surface area contributed by atoms with Crippen LogP contribution in [0.2, 0.25) is 0 Å². The van der Waals surface area contributed by atoms with Gasteiger partial charge in [-0.3, -0.25) is 4.98 Å². The van der Waals surface area contributed by atoms with E-state index in [0.29, 0.717) is 0 Å². The number of aromatic nitrogens is 2. The third-order valence-corrected chi connectivity index (χ3v) is 4.47. The van der Waals surface area contributed by atoms with Crippen molar-refractivity contribution in [1.82, 2.24) is 15.3 Å². The van der Waals surface area contributed by atoms with E-state index in [4.69, 9.17) is 4.98 Å². The first-order valence-corrected chi connectivity index (χ1v) is 8.22. The van der Waals surface area contributed by atoms with Gasteiger partial charge in [0.1, 0.15) is 0 Å². The van der Waals surface area contributed by atoms with Crippen LogP contribution >= 0.6 is 11.3 Å². The molecule has 1 N–H and O–H groups in total. The molecular formula is C16H24N4S.